The number of fused-ring (bicyclic) bond motifs is 1. The largest absolute Gasteiger partial charge is 0.490 e. The van der Waals surface area contributed by atoms with Crippen molar-refractivity contribution in [2.75, 3.05) is 6.61 Å². The summed E-state index contributed by atoms with van der Waals surface area (Å²) in [5.41, 5.74) is 3.52. The van der Waals surface area contributed by atoms with Crippen LogP contribution in [0.2, 0.25) is 0 Å². The number of thiazole rings is 1. The minimum absolute atomic E-state index is 0.0947. The molecule has 4 nitrogen and oxygen atoms in total. The maximum atomic E-state index is 14.5. The third-order valence-corrected chi connectivity index (χ3v) is 4.65. The van der Waals surface area contributed by atoms with Crippen LogP contribution >= 0.6 is 11.3 Å². The van der Waals surface area contributed by atoms with E-state index in [0.29, 0.717) is 17.7 Å². The second kappa shape index (κ2) is 8.58. The van der Waals surface area contributed by atoms with Gasteiger partial charge in [0.15, 0.2) is 11.6 Å². The van der Waals surface area contributed by atoms with E-state index in [1.54, 1.807) is 41.9 Å². The van der Waals surface area contributed by atoms with Crippen LogP contribution < -0.4 is 10.1 Å². The fourth-order valence-electron chi connectivity index (χ4n) is 2.48. The first kappa shape index (κ1) is 18.1. The zero-order valence-electron chi connectivity index (χ0n) is 14.4. The molecule has 1 aromatic heterocycles. The van der Waals surface area contributed by atoms with Gasteiger partial charge in [-0.05, 0) is 37.6 Å². The number of carbonyl (C=O) groups is 1. The summed E-state index contributed by atoms with van der Waals surface area (Å²) < 4.78 is 20.9. The number of hydrogen-bond acceptors (Lipinski definition) is 4. The van der Waals surface area contributed by atoms with Gasteiger partial charge in [-0.1, -0.05) is 24.3 Å². The standard InChI is InChI=1S/C20H19FN2O2S/c1-2-3-4-10-25-17-7-5-6-15(19(17)21)12-22-20(24)14-8-9-16-18(11-14)26-13-23-16/h2-3,5-9,11,13H,4,10,12H2,1H3,(H,22,24). The van der Waals surface area contributed by atoms with Crippen LogP contribution in [0.15, 0.2) is 54.1 Å². The lowest BCUT2D eigenvalue weighted by atomic mass is 10.1. The molecule has 2 aromatic carbocycles. The Kier molecular flexibility index (Phi) is 5.96. The lowest BCUT2D eigenvalue weighted by Gasteiger charge is -2.10. The van der Waals surface area contributed by atoms with Crippen molar-refractivity contribution < 1.29 is 13.9 Å². The zero-order valence-corrected chi connectivity index (χ0v) is 15.2. The maximum absolute atomic E-state index is 14.5. The predicted molar refractivity (Wildman–Crippen MR) is 102 cm³/mol. The Balaban J connectivity index is 1.64. The Bertz CT molecular complexity index is 936. The molecule has 0 aliphatic heterocycles. The first-order valence-electron chi connectivity index (χ1n) is 8.32. The van der Waals surface area contributed by atoms with Crippen LogP contribution in [0.3, 0.4) is 0 Å². The number of halogens is 1. The molecule has 1 amide bonds. The smallest absolute Gasteiger partial charge is 0.251 e. The highest BCUT2D eigenvalue weighted by molar-refractivity contribution is 7.16. The number of hydrogen-bond donors (Lipinski definition) is 1. The first-order chi connectivity index (χ1) is 12.7. The van der Waals surface area contributed by atoms with Gasteiger partial charge < -0.3 is 10.1 Å². The summed E-state index contributed by atoms with van der Waals surface area (Å²) in [4.78, 5) is 16.5. The summed E-state index contributed by atoms with van der Waals surface area (Å²) in [7, 11) is 0. The summed E-state index contributed by atoms with van der Waals surface area (Å²) in [5.74, 6) is -0.488. The van der Waals surface area contributed by atoms with Gasteiger partial charge in [-0.15, -0.1) is 11.3 Å². The van der Waals surface area contributed by atoms with E-state index in [-0.39, 0.29) is 18.2 Å². The van der Waals surface area contributed by atoms with Gasteiger partial charge in [0, 0.05) is 17.7 Å². The monoisotopic (exact) mass is 370 g/mol. The number of nitrogens with zero attached hydrogens (tertiary/aromatic N) is 1. The highest BCUT2D eigenvalue weighted by atomic mass is 32.1. The molecule has 0 unspecified atom stereocenters. The van der Waals surface area contributed by atoms with Crippen LogP contribution in [0.4, 0.5) is 4.39 Å². The molecule has 0 fully saturated rings. The van der Waals surface area contributed by atoms with Crippen molar-refractivity contribution in [2.24, 2.45) is 0 Å². The molecule has 3 rings (SSSR count). The van der Waals surface area contributed by atoms with Gasteiger partial charge >= 0.3 is 0 Å². The van der Waals surface area contributed by atoms with Crippen molar-refractivity contribution in [3.05, 3.63) is 71.0 Å². The van der Waals surface area contributed by atoms with E-state index in [4.69, 9.17) is 4.74 Å². The Morgan fingerprint density at radius 3 is 3.08 bits per heavy atom. The molecule has 0 atom stereocenters. The van der Waals surface area contributed by atoms with Crippen molar-refractivity contribution in [3.8, 4) is 5.75 Å². The van der Waals surface area contributed by atoms with Crippen molar-refractivity contribution in [1.29, 1.82) is 0 Å². The molecule has 1 heterocycles. The number of allylic oxidation sites excluding steroid dienone is 1. The fraction of sp³-hybridized carbons (Fsp3) is 0.200. The molecule has 0 aliphatic carbocycles. The number of benzene rings is 2. The molecule has 6 heteroatoms. The van der Waals surface area contributed by atoms with E-state index in [9.17, 15) is 9.18 Å². The Morgan fingerprint density at radius 2 is 2.23 bits per heavy atom. The molecule has 26 heavy (non-hydrogen) atoms. The van der Waals surface area contributed by atoms with E-state index < -0.39 is 5.82 Å². The molecule has 3 aromatic rings. The highest BCUT2D eigenvalue weighted by Gasteiger charge is 2.12. The number of aromatic nitrogens is 1. The number of rotatable bonds is 7. The molecule has 0 radical (unpaired) electrons. The molecule has 0 spiro atoms. The van der Waals surface area contributed by atoms with Crippen LogP contribution in [0, 0.1) is 5.82 Å². The van der Waals surface area contributed by atoms with Crippen molar-refractivity contribution in [2.45, 2.75) is 19.9 Å². The summed E-state index contributed by atoms with van der Waals surface area (Å²) >= 11 is 1.48. The quantitative estimate of drug-likeness (QED) is 0.484. The number of ether oxygens (including phenoxy) is 1. The average molecular weight is 370 g/mol. The fourth-order valence-corrected chi connectivity index (χ4v) is 3.20. The molecular formula is C20H19FN2O2S. The summed E-state index contributed by atoms with van der Waals surface area (Å²) in [6, 6.07) is 10.3. The molecule has 0 aliphatic rings. The third-order valence-electron chi connectivity index (χ3n) is 3.85. The summed E-state index contributed by atoms with van der Waals surface area (Å²) in [6.07, 6.45) is 4.61. The second-order valence-electron chi connectivity index (χ2n) is 5.65. The molecular weight excluding hydrogens is 351 g/mol. The number of amides is 1. The molecule has 0 saturated carbocycles. The Morgan fingerprint density at radius 1 is 1.35 bits per heavy atom. The van der Waals surface area contributed by atoms with E-state index in [0.717, 1.165) is 16.6 Å². The predicted octanol–water partition coefficient (Wildman–Crippen LogP) is 4.71. The number of nitrogens with one attached hydrogen (secondary N) is 1. The van der Waals surface area contributed by atoms with Gasteiger partial charge in [-0.25, -0.2) is 9.37 Å². The third kappa shape index (κ3) is 4.26. The Labute approximate surface area is 155 Å². The highest BCUT2D eigenvalue weighted by Crippen LogP contribution is 2.21. The van der Waals surface area contributed by atoms with Gasteiger partial charge in [0.1, 0.15) is 0 Å². The number of carbonyl (C=O) groups excluding carboxylic acids is 1. The van der Waals surface area contributed by atoms with Gasteiger partial charge in [0.05, 0.1) is 22.3 Å². The van der Waals surface area contributed by atoms with E-state index >= 15 is 0 Å². The van der Waals surface area contributed by atoms with Gasteiger partial charge in [-0.2, -0.15) is 0 Å². The van der Waals surface area contributed by atoms with Gasteiger partial charge in [-0.3, -0.25) is 4.79 Å². The lowest BCUT2D eigenvalue weighted by Crippen LogP contribution is -2.23. The lowest BCUT2D eigenvalue weighted by molar-refractivity contribution is 0.0950. The minimum atomic E-state index is -0.439. The molecule has 0 saturated heterocycles. The van der Waals surface area contributed by atoms with Gasteiger partial charge in [0.2, 0.25) is 0 Å². The zero-order chi connectivity index (χ0) is 18.4. The van der Waals surface area contributed by atoms with Crippen molar-refractivity contribution >= 4 is 27.5 Å². The topological polar surface area (TPSA) is 51.2 Å². The summed E-state index contributed by atoms with van der Waals surface area (Å²) in [6.45, 7) is 2.43. The average Bonchev–Trinajstić information content (AvgIpc) is 3.13. The second-order valence-corrected chi connectivity index (χ2v) is 6.54. The normalized spacial score (nSPS) is 11.2. The first-order valence-corrected chi connectivity index (χ1v) is 9.20. The minimum Gasteiger partial charge on any atom is -0.490 e. The maximum Gasteiger partial charge on any atom is 0.251 e. The molecule has 134 valence electrons. The molecule has 1 N–H and O–H groups in total. The molecule has 0 bridgehead atoms. The van der Waals surface area contributed by atoms with Crippen molar-refractivity contribution in [3.63, 3.8) is 0 Å². The van der Waals surface area contributed by atoms with Crippen LogP contribution in [-0.4, -0.2) is 17.5 Å². The van der Waals surface area contributed by atoms with E-state index in [1.807, 2.05) is 19.1 Å². The van der Waals surface area contributed by atoms with Crippen LogP contribution in [-0.2, 0) is 6.54 Å². The van der Waals surface area contributed by atoms with Crippen LogP contribution in [0.1, 0.15) is 29.3 Å². The Hall–Kier alpha value is -2.73. The van der Waals surface area contributed by atoms with E-state index in [2.05, 4.69) is 10.3 Å². The van der Waals surface area contributed by atoms with Crippen molar-refractivity contribution in [1.82, 2.24) is 10.3 Å². The van der Waals surface area contributed by atoms with Crippen LogP contribution in [0.5, 0.6) is 5.75 Å². The van der Waals surface area contributed by atoms with E-state index in [1.165, 1.54) is 11.3 Å². The van der Waals surface area contributed by atoms with Crippen LogP contribution in [0.25, 0.3) is 10.2 Å². The SMILES string of the molecule is CC=CCCOc1cccc(CNC(=O)c2ccc3ncsc3c2)c1F. The van der Waals surface area contributed by atoms with Gasteiger partial charge in [0.25, 0.3) is 5.91 Å². The summed E-state index contributed by atoms with van der Waals surface area (Å²) in [5, 5.41) is 2.76.